The number of amides is 2. The number of thioether (sulfide) groups is 1. The first-order chi connectivity index (χ1) is 14.3. The molecule has 0 saturated heterocycles. The van der Waals surface area contributed by atoms with Gasteiger partial charge in [-0.2, -0.15) is 0 Å². The van der Waals surface area contributed by atoms with Crippen LogP contribution in [0.5, 0.6) is 0 Å². The van der Waals surface area contributed by atoms with Crippen LogP contribution in [0.25, 0.3) is 0 Å². The molecule has 1 aliphatic carbocycles. The number of rotatable bonds is 7. The van der Waals surface area contributed by atoms with Crippen LogP contribution in [-0.2, 0) is 16.6 Å². The Morgan fingerprint density at radius 3 is 2.60 bits per heavy atom. The number of esters is 1. The van der Waals surface area contributed by atoms with Gasteiger partial charge in [-0.05, 0) is 25.3 Å². The number of carbonyl (C=O) groups is 3. The third-order valence-corrected chi connectivity index (χ3v) is 7.43. The number of thiophene rings is 1. The summed E-state index contributed by atoms with van der Waals surface area (Å²) >= 11 is 2.23. The summed E-state index contributed by atoms with van der Waals surface area (Å²) in [5.41, 5.74) is 5.91. The lowest BCUT2D eigenvalue weighted by atomic mass is 9.89. The van der Waals surface area contributed by atoms with E-state index in [1.54, 1.807) is 6.92 Å². The van der Waals surface area contributed by atoms with E-state index in [1.165, 1.54) is 38.1 Å². The number of anilines is 1. The van der Waals surface area contributed by atoms with E-state index in [0.29, 0.717) is 16.6 Å². The minimum Gasteiger partial charge on any atom is -0.465 e. The summed E-state index contributed by atoms with van der Waals surface area (Å²) in [5.74, 6) is -0.157. The fourth-order valence-corrected chi connectivity index (χ4v) is 5.43. The number of nitrogens with one attached hydrogen (secondary N) is 1. The summed E-state index contributed by atoms with van der Waals surface area (Å²) in [5, 5.41) is 12.2. The highest BCUT2D eigenvalue weighted by atomic mass is 32.2. The summed E-state index contributed by atoms with van der Waals surface area (Å²) in [6.07, 6.45) is 5.92. The average Bonchev–Trinajstić information content (AvgIpc) is 3.26. The fraction of sp³-hybridized carbons (Fsp3) is 0.526. The fourth-order valence-electron chi connectivity index (χ4n) is 3.65. The first kappa shape index (κ1) is 22.3. The molecule has 2 amide bonds. The van der Waals surface area contributed by atoms with E-state index in [-0.39, 0.29) is 27.1 Å². The highest BCUT2D eigenvalue weighted by Crippen LogP contribution is 2.34. The van der Waals surface area contributed by atoms with Crippen LogP contribution in [0.2, 0.25) is 0 Å². The lowest BCUT2D eigenvalue weighted by molar-refractivity contribution is -0.113. The van der Waals surface area contributed by atoms with Crippen molar-refractivity contribution in [2.45, 2.75) is 50.1 Å². The summed E-state index contributed by atoms with van der Waals surface area (Å²) < 4.78 is 6.73. The number of nitrogens with zero attached hydrogens (tertiary/aromatic N) is 3. The van der Waals surface area contributed by atoms with Gasteiger partial charge in [-0.15, -0.1) is 21.5 Å². The Balaban J connectivity index is 1.68. The lowest BCUT2D eigenvalue weighted by Crippen LogP contribution is -2.16. The predicted octanol–water partition coefficient (Wildman–Crippen LogP) is 2.85. The van der Waals surface area contributed by atoms with Gasteiger partial charge in [0, 0.05) is 13.0 Å². The molecule has 2 aromatic rings. The van der Waals surface area contributed by atoms with E-state index in [1.807, 2.05) is 11.6 Å². The molecule has 1 fully saturated rings. The van der Waals surface area contributed by atoms with Gasteiger partial charge in [0.05, 0.1) is 23.3 Å². The van der Waals surface area contributed by atoms with Crippen molar-refractivity contribution in [2.75, 3.05) is 18.2 Å². The van der Waals surface area contributed by atoms with Gasteiger partial charge in [0.1, 0.15) is 10.8 Å². The van der Waals surface area contributed by atoms with Crippen LogP contribution in [0.15, 0.2) is 5.16 Å². The number of nitrogens with two attached hydrogens (primary N) is 1. The number of aromatic nitrogens is 3. The summed E-state index contributed by atoms with van der Waals surface area (Å²) in [4.78, 5) is 36.4. The Hall–Kier alpha value is -2.40. The number of methoxy groups -OCH3 is 1. The van der Waals surface area contributed by atoms with Crippen molar-refractivity contribution in [1.82, 2.24) is 14.8 Å². The molecule has 3 rings (SSSR count). The maximum atomic E-state index is 12.5. The largest absolute Gasteiger partial charge is 0.465 e. The quantitative estimate of drug-likeness (QED) is 0.489. The molecule has 0 aliphatic heterocycles. The number of carbonyl (C=O) groups excluding carboxylic acids is 3. The van der Waals surface area contributed by atoms with Gasteiger partial charge < -0.3 is 20.4 Å². The Kier molecular flexibility index (Phi) is 7.14. The second kappa shape index (κ2) is 9.61. The molecule has 3 N–H and O–H groups in total. The molecule has 11 heteroatoms. The second-order valence-electron chi connectivity index (χ2n) is 7.19. The normalized spacial score (nSPS) is 14.5. The zero-order chi connectivity index (χ0) is 21.8. The van der Waals surface area contributed by atoms with E-state index in [0.717, 1.165) is 30.0 Å². The van der Waals surface area contributed by atoms with Crippen molar-refractivity contribution in [3.63, 3.8) is 0 Å². The molecule has 0 bridgehead atoms. The monoisotopic (exact) mass is 451 g/mol. The van der Waals surface area contributed by atoms with Crippen LogP contribution in [0.1, 0.15) is 69.4 Å². The van der Waals surface area contributed by atoms with E-state index in [4.69, 9.17) is 10.5 Å². The number of hydrogen-bond acceptors (Lipinski definition) is 8. The number of hydrogen-bond donors (Lipinski definition) is 2. The molecule has 2 aromatic heterocycles. The average molecular weight is 452 g/mol. The van der Waals surface area contributed by atoms with Crippen LogP contribution in [0.3, 0.4) is 0 Å². The molecular weight excluding hydrogens is 426 g/mol. The SMILES string of the molecule is COC(=O)c1c(NC(=O)CSc2nnc(C3CCCCC3)n2C)sc(C(N)=O)c1C. The third kappa shape index (κ3) is 4.67. The van der Waals surface area contributed by atoms with Crippen molar-refractivity contribution < 1.29 is 19.1 Å². The first-order valence-electron chi connectivity index (χ1n) is 9.66. The molecule has 0 spiro atoms. The van der Waals surface area contributed by atoms with E-state index in [9.17, 15) is 14.4 Å². The van der Waals surface area contributed by atoms with Crippen LogP contribution in [-0.4, -0.2) is 45.4 Å². The predicted molar refractivity (Wildman–Crippen MR) is 115 cm³/mol. The van der Waals surface area contributed by atoms with Crippen molar-refractivity contribution in [2.24, 2.45) is 12.8 Å². The molecular formula is C19H25N5O4S2. The van der Waals surface area contributed by atoms with Crippen LogP contribution in [0, 0.1) is 6.92 Å². The molecule has 0 aromatic carbocycles. The summed E-state index contributed by atoms with van der Waals surface area (Å²) in [6.45, 7) is 1.60. The Labute approximate surface area is 182 Å². The standard InChI is InChI=1S/C19H25N5O4S2/c1-10-13(18(27)28-3)17(30-14(10)15(20)26)21-12(25)9-29-19-23-22-16(24(19)2)11-7-5-4-6-8-11/h11H,4-9H2,1-3H3,(H2,20,26)(H,21,25). The molecule has 1 aliphatic rings. The van der Waals surface area contributed by atoms with Gasteiger partial charge in [-0.1, -0.05) is 31.0 Å². The van der Waals surface area contributed by atoms with Crippen molar-refractivity contribution in [3.05, 3.63) is 21.8 Å². The van der Waals surface area contributed by atoms with Gasteiger partial charge >= 0.3 is 5.97 Å². The van der Waals surface area contributed by atoms with Gasteiger partial charge in [-0.25, -0.2) is 4.79 Å². The second-order valence-corrected chi connectivity index (χ2v) is 9.15. The maximum absolute atomic E-state index is 12.5. The Morgan fingerprint density at radius 2 is 1.97 bits per heavy atom. The zero-order valence-corrected chi connectivity index (χ0v) is 18.8. The smallest absolute Gasteiger partial charge is 0.341 e. The van der Waals surface area contributed by atoms with Crippen LogP contribution < -0.4 is 11.1 Å². The van der Waals surface area contributed by atoms with Crippen molar-refractivity contribution >= 4 is 45.9 Å². The molecule has 0 radical (unpaired) electrons. The third-order valence-electron chi connectivity index (χ3n) is 5.18. The highest BCUT2D eigenvalue weighted by molar-refractivity contribution is 7.99. The lowest BCUT2D eigenvalue weighted by Gasteiger charge is -2.20. The molecule has 0 unspecified atom stereocenters. The van der Waals surface area contributed by atoms with Crippen molar-refractivity contribution in [1.29, 1.82) is 0 Å². The van der Waals surface area contributed by atoms with Crippen LogP contribution >= 0.6 is 23.1 Å². The van der Waals surface area contributed by atoms with Gasteiger partial charge in [-0.3, -0.25) is 9.59 Å². The van der Waals surface area contributed by atoms with E-state index < -0.39 is 11.9 Å². The number of primary amides is 1. The molecule has 162 valence electrons. The summed E-state index contributed by atoms with van der Waals surface area (Å²) in [6, 6.07) is 0. The first-order valence-corrected chi connectivity index (χ1v) is 11.5. The minimum atomic E-state index is -0.660. The molecule has 1 saturated carbocycles. The molecule has 9 nitrogen and oxygen atoms in total. The summed E-state index contributed by atoms with van der Waals surface area (Å²) in [7, 11) is 3.16. The molecule has 30 heavy (non-hydrogen) atoms. The van der Waals surface area contributed by atoms with E-state index >= 15 is 0 Å². The van der Waals surface area contributed by atoms with Crippen molar-refractivity contribution in [3.8, 4) is 0 Å². The minimum absolute atomic E-state index is 0.0834. The topological polar surface area (TPSA) is 129 Å². The van der Waals surface area contributed by atoms with Gasteiger partial charge in [0.2, 0.25) is 5.91 Å². The highest BCUT2D eigenvalue weighted by Gasteiger charge is 2.26. The van der Waals surface area contributed by atoms with E-state index in [2.05, 4.69) is 15.5 Å². The Morgan fingerprint density at radius 1 is 1.27 bits per heavy atom. The van der Waals surface area contributed by atoms with Gasteiger partial charge in [0.25, 0.3) is 5.91 Å². The Bertz CT molecular complexity index is 963. The number of ether oxygens (including phenoxy) is 1. The molecule has 0 atom stereocenters. The molecule has 2 heterocycles. The zero-order valence-electron chi connectivity index (χ0n) is 17.2. The van der Waals surface area contributed by atoms with Crippen LogP contribution in [0.4, 0.5) is 5.00 Å². The van der Waals surface area contributed by atoms with Gasteiger partial charge in [0.15, 0.2) is 5.16 Å². The maximum Gasteiger partial charge on any atom is 0.341 e.